The summed E-state index contributed by atoms with van der Waals surface area (Å²) in [4.78, 5) is 6.38. The van der Waals surface area contributed by atoms with Gasteiger partial charge in [-0.2, -0.15) is 0 Å². The first-order valence-electron chi connectivity index (χ1n) is 5.71. The van der Waals surface area contributed by atoms with Crippen molar-refractivity contribution in [3.8, 4) is 0 Å². The van der Waals surface area contributed by atoms with Crippen LogP contribution in [-0.4, -0.2) is 17.1 Å². The molecule has 94 valence electrons. The Bertz CT molecular complexity index is 513. The molecule has 0 fully saturated rings. The first-order chi connectivity index (χ1) is 8.69. The predicted molar refractivity (Wildman–Crippen MR) is 73.7 cm³/mol. The monoisotopic (exact) mass is 262 g/mol. The Morgan fingerprint density at radius 1 is 1.17 bits per heavy atom. The van der Waals surface area contributed by atoms with Crippen molar-refractivity contribution in [2.24, 2.45) is 0 Å². The van der Waals surface area contributed by atoms with Crippen molar-refractivity contribution in [2.75, 3.05) is 11.9 Å². The average molecular weight is 263 g/mol. The average Bonchev–Trinajstić information content (AvgIpc) is 2.41. The van der Waals surface area contributed by atoms with E-state index in [9.17, 15) is 0 Å². The number of benzene rings is 1. The highest BCUT2D eigenvalue weighted by Gasteiger charge is 2.04. The predicted octanol–water partition coefficient (Wildman–Crippen LogP) is 2.86. The minimum Gasteiger partial charge on any atom is -0.390 e. The van der Waals surface area contributed by atoms with Gasteiger partial charge in [0.25, 0.3) is 0 Å². The van der Waals surface area contributed by atoms with Crippen molar-refractivity contribution in [3.05, 3.63) is 58.7 Å². The van der Waals surface area contributed by atoms with Crippen LogP contribution in [0, 0.1) is 0 Å². The van der Waals surface area contributed by atoms with Crippen LogP contribution in [0.1, 0.15) is 11.3 Å². The minimum absolute atomic E-state index is 0.0391. The molecule has 0 aliphatic rings. The zero-order valence-electron chi connectivity index (χ0n) is 10.2. The van der Waals surface area contributed by atoms with Crippen LogP contribution < -0.4 is 4.90 Å². The molecule has 3 nitrogen and oxygen atoms in total. The Kier molecular flexibility index (Phi) is 4.18. The van der Waals surface area contributed by atoms with Gasteiger partial charge in [-0.25, -0.2) is 4.98 Å². The first-order valence-corrected chi connectivity index (χ1v) is 6.09. The Labute approximate surface area is 112 Å². The number of hydrogen-bond acceptors (Lipinski definition) is 3. The van der Waals surface area contributed by atoms with Crippen molar-refractivity contribution < 1.29 is 5.11 Å². The summed E-state index contributed by atoms with van der Waals surface area (Å²) in [6, 6.07) is 13.4. The second kappa shape index (κ2) is 5.85. The highest BCUT2D eigenvalue weighted by atomic mass is 35.5. The van der Waals surface area contributed by atoms with Crippen LogP contribution in [0.25, 0.3) is 0 Å². The van der Waals surface area contributed by atoms with Crippen LogP contribution in [0.15, 0.2) is 42.5 Å². The molecule has 0 unspecified atom stereocenters. The minimum atomic E-state index is -0.0391. The fourth-order valence-corrected chi connectivity index (χ4v) is 1.84. The molecule has 0 atom stereocenters. The largest absolute Gasteiger partial charge is 0.390 e. The van der Waals surface area contributed by atoms with E-state index in [2.05, 4.69) is 4.98 Å². The molecule has 0 aliphatic heterocycles. The molecule has 1 aromatic heterocycles. The Morgan fingerprint density at radius 3 is 2.56 bits per heavy atom. The summed E-state index contributed by atoms with van der Waals surface area (Å²) >= 11 is 5.85. The zero-order chi connectivity index (χ0) is 13.0. The normalized spacial score (nSPS) is 10.4. The van der Waals surface area contributed by atoms with Gasteiger partial charge in [-0.3, -0.25) is 0 Å². The number of nitrogens with zero attached hydrogens (tertiary/aromatic N) is 2. The third-order valence-corrected chi connectivity index (χ3v) is 2.93. The van der Waals surface area contributed by atoms with E-state index < -0.39 is 0 Å². The molecule has 0 bridgehead atoms. The molecular weight excluding hydrogens is 248 g/mol. The van der Waals surface area contributed by atoms with E-state index in [0.717, 1.165) is 22.9 Å². The maximum Gasteiger partial charge on any atom is 0.128 e. The molecule has 2 aromatic rings. The van der Waals surface area contributed by atoms with Gasteiger partial charge in [0.1, 0.15) is 5.82 Å². The van der Waals surface area contributed by atoms with Crippen molar-refractivity contribution in [2.45, 2.75) is 13.2 Å². The molecule has 0 spiro atoms. The van der Waals surface area contributed by atoms with Crippen LogP contribution in [0.5, 0.6) is 0 Å². The molecule has 2 rings (SSSR count). The van der Waals surface area contributed by atoms with Crippen molar-refractivity contribution in [1.29, 1.82) is 0 Å². The van der Waals surface area contributed by atoms with Gasteiger partial charge in [0.2, 0.25) is 0 Å². The zero-order valence-corrected chi connectivity index (χ0v) is 10.9. The van der Waals surface area contributed by atoms with Crippen molar-refractivity contribution >= 4 is 17.4 Å². The second-order valence-corrected chi connectivity index (χ2v) is 4.56. The van der Waals surface area contributed by atoms with Crippen LogP contribution in [0.4, 0.5) is 5.82 Å². The van der Waals surface area contributed by atoms with Crippen molar-refractivity contribution in [3.63, 3.8) is 0 Å². The smallest absolute Gasteiger partial charge is 0.128 e. The van der Waals surface area contributed by atoms with Crippen LogP contribution >= 0.6 is 11.6 Å². The van der Waals surface area contributed by atoms with E-state index in [1.165, 1.54) is 0 Å². The van der Waals surface area contributed by atoms with Gasteiger partial charge in [0.05, 0.1) is 12.3 Å². The number of anilines is 1. The Morgan fingerprint density at radius 2 is 1.89 bits per heavy atom. The molecule has 1 aromatic carbocycles. The molecule has 18 heavy (non-hydrogen) atoms. The second-order valence-electron chi connectivity index (χ2n) is 4.13. The third kappa shape index (κ3) is 3.22. The highest BCUT2D eigenvalue weighted by Crippen LogP contribution is 2.15. The number of aliphatic hydroxyl groups is 1. The molecule has 0 saturated heterocycles. The lowest BCUT2D eigenvalue weighted by atomic mass is 10.2. The van der Waals surface area contributed by atoms with Gasteiger partial charge in [-0.1, -0.05) is 29.8 Å². The summed E-state index contributed by atoms with van der Waals surface area (Å²) in [6.45, 7) is 0.710. The lowest BCUT2D eigenvalue weighted by Crippen LogP contribution is -2.18. The summed E-state index contributed by atoms with van der Waals surface area (Å²) in [6.07, 6.45) is 0. The topological polar surface area (TPSA) is 36.4 Å². The van der Waals surface area contributed by atoms with Gasteiger partial charge in [-0.05, 0) is 29.8 Å². The standard InChI is InChI=1S/C14H15ClN2O/c1-17(9-11-5-7-12(15)8-6-11)14-4-2-3-13(10-18)16-14/h2-8,18H,9-10H2,1H3. The summed E-state index contributed by atoms with van der Waals surface area (Å²) < 4.78 is 0. The Balaban J connectivity index is 2.11. The number of aliphatic hydroxyl groups excluding tert-OH is 1. The molecule has 0 aliphatic carbocycles. The van der Waals surface area contributed by atoms with E-state index in [0.29, 0.717) is 5.69 Å². The third-order valence-electron chi connectivity index (χ3n) is 2.68. The summed E-state index contributed by atoms with van der Waals surface area (Å²) in [7, 11) is 1.97. The molecule has 0 saturated carbocycles. The van der Waals surface area contributed by atoms with Gasteiger partial charge in [-0.15, -0.1) is 0 Å². The highest BCUT2D eigenvalue weighted by molar-refractivity contribution is 6.30. The lowest BCUT2D eigenvalue weighted by molar-refractivity contribution is 0.277. The first kappa shape index (κ1) is 12.9. The number of aromatic nitrogens is 1. The molecular formula is C14H15ClN2O. The maximum absolute atomic E-state index is 9.07. The Hall–Kier alpha value is -1.58. The van der Waals surface area contributed by atoms with E-state index in [-0.39, 0.29) is 6.61 Å². The SMILES string of the molecule is CN(Cc1ccc(Cl)cc1)c1cccc(CO)n1. The number of halogens is 1. The molecule has 1 heterocycles. The van der Waals surface area contributed by atoms with E-state index >= 15 is 0 Å². The van der Waals surface area contributed by atoms with Crippen LogP contribution in [0.3, 0.4) is 0 Å². The summed E-state index contributed by atoms with van der Waals surface area (Å²) in [5.41, 5.74) is 1.84. The quantitative estimate of drug-likeness (QED) is 0.921. The van der Waals surface area contributed by atoms with Gasteiger partial charge in [0.15, 0.2) is 0 Å². The molecule has 0 amide bonds. The molecule has 4 heteroatoms. The van der Waals surface area contributed by atoms with Gasteiger partial charge in [0, 0.05) is 18.6 Å². The fraction of sp³-hybridized carbons (Fsp3) is 0.214. The van der Waals surface area contributed by atoms with E-state index in [1.54, 1.807) is 6.07 Å². The molecule has 1 N–H and O–H groups in total. The number of hydrogen-bond donors (Lipinski definition) is 1. The molecule has 0 radical (unpaired) electrons. The van der Waals surface area contributed by atoms with E-state index in [1.807, 2.05) is 48.3 Å². The fourth-order valence-electron chi connectivity index (χ4n) is 1.71. The van der Waals surface area contributed by atoms with E-state index in [4.69, 9.17) is 16.7 Å². The van der Waals surface area contributed by atoms with Gasteiger partial charge >= 0.3 is 0 Å². The number of pyridine rings is 1. The van der Waals surface area contributed by atoms with Gasteiger partial charge < -0.3 is 10.0 Å². The number of rotatable bonds is 4. The van der Waals surface area contributed by atoms with Crippen LogP contribution in [-0.2, 0) is 13.2 Å². The summed E-state index contributed by atoms with van der Waals surface area (Å²) in [5.74, 6) is 0.844. The summed E-state index contributed by atoms with van der Waals surface area (Å²) in [5, 5.41) is 9.81. The van der Waals surface area contributed by atoms with Crippen molar-refractivity contribution in [1.82, 2.24) is 4.98 Å². The lowest BCUT2D eigenvalue weighted by Gasteiger charge is -2.18. The maximum atomic E-state index is 9.07. The van der Waals surface area contributed by atoms with Crippen LogP contribution in [0.2, 0.25) is 5.02 Å².